The molecule has 2 aromatic rings. The molecule has 1 aliphatic rings. The first-order chi connectivity index (χ1) is 16.1. The summed E-state index contributed by atoms with van der Waals surface area (Å²) >= 11 is 1.41. The van der Waals surface area contributed by atoms with Crippen molar-refractivity contribution in [2.24, 2.45) is 11.8 Å². The third-order valence-electron chi connectivity index (χ3n) is 5.25. The Balaban J connectivity index is 1.59. The standard InChI is InChI=1S/C24H32FN5O3S/c1-14(2)11-19(26-21(31)16-5-7-17(25)8-6-16)22(32)28-29-23(33)20-13-34-24(27-20)30(12-15(3)4)18-9-10-18/h5-8,13-15,18-19H,9-12H2,1-4H3,(H,26,31)(H,28,32)(H,29,33)/t19-/m0/s1. The molecule has 0 bridgehead atoms. The Labute approximate surface area is 203 Å². The summed E-state index contributed by atoms with van der Waals surface area (Å²) < 4.78 is 13.1. The van der Waals surface area contributed by atoms with Gasteiger partial charge < -0.3 is 10.2 Å². The Bertz CT molecular complexity index is 1000. The Kier molecular flexibility index (Phi) is 8.60. The molecule has 1 aliphatic carbocycles. The number of nitrogens with zero attached hydrogens (tertiary/aromatic N) is 2. The topological polar surface area (TPSA) is 103 Å². The van der Waals surface area contributed by atoms with E-state index in [0.717, 1.165) is 24.5 Å². The van der Waals surface area contributed by atoms with Crippen molar-refractivity contribution in [2.75, 3.05) is 11.4 Å². The van der Waals surface area contributed by atoms with Crippen molar-refractivity contribution in [3.8, 4) is 0 Å². The van der Waals surface area contributed by atoms with Gasteiger partial charge in [0.15, 0.2) is 5.13 Å². The fraction of sp³-hybridized carbons (Fsp3) is 0.500. The zero-order valence-electron chi connectivity index (χ0n) is 19.9. The second-order valence-electron chi connectivity index (χ2n) is 9.40. The average Bonchev–Trinajstić information content (AvgIpc) is 3.50. The molecule has 1 aromatic heterocycles. The predicted molar refractivity (Wildman–Crippen MR) is 130 cm³/mol. The Hall–Kier alpha value is -3.01. The van der Waals surface area contributed by atoms with Crippen LogP contribution in [0, 0.1) is 17.7 Å². The second kappa shape index (κ2) is 11.4. The summed E-state index contributed by atoms with van der Waals surface area (Å²) in [5.74, 6) is -1.44. The molecule has 8 nitrogen and oxygen atoms in total. The lowest BCUT2D eigenvalue weighted by atomic mass is 10.0. The number of thiazole rings is 1. The molecule has 1 heterocycles. The molecule has 1 aromatic carbocycles. The van der Waals surface area contributed by atoms with Crippen LogP contribution >= 0.6 is 11.3 Å². The summed E-state index contributed by atoms with van der Waals surface area (Å²) in [7, 11) is 0. The lowest BCUT2D eigenvalue weighted by Crippen LogP contribution is -2.52. The van der Waals surface area contributed by atoms with Gasteiger partial charge in [-0.25, -0.2) is 9.37 Å². The molecular weight excluding hydrogens is 457 g/mol. The van der Waals surface area contributed by atoms with Gasteiger partial charge in [0.25, 0.3) is 17.7 Å². The first-order valence-corrected chi connectivity index (χ1v) is 12.4. The Morgan fingerprint density at radius 2 is 1.74 bits per heavy atom. The molecule has 1 fully saturated rings. The highest BCUT2D eigenvalue weighted by Crippen LogP contribution is 2.34. The van der Waals surface area contributed by atoms with E-state index in [1.165, 1.54) is 35.6 Å². The number of amides is 3. The molecule has 3 rings (SSSR count). The maximum atomic E-state index is 13.1. The SMILES string of the molecule is CC(C)C[C@H](NC(=O)c1ccc(F)cc1)C(=O)NNC(=O)c1csc(N(CC(C)C)C2CC2)n1. The monoisotopic (exact) mass is 489 g/mol. The van der Waals surface area contributed by atoms with Gasteiger partial charge in [0.05, 0.1) is 0 Å². The number of anilines is 1. The van der Waals surface area contributed by atoms with E-state index < -0.39 is 29.6 Å². The van der Waals surface area contributed by atoms with Crippen molar-refractivity contribution in [1.29, 1.82) is 0 Å². The van der Waals surface area contributed by atoms with E-state index in [1.807, 2.05) is 13.8 Å². The third kappa shape index (κ3) is 7.24. The number of hydrogen-bond donors (Lipinski definition) is 3. The zero-order chi connectivity index (χ0) is 24.8. The maximum Gasteiger partial charge on any atom is 0.289 e. The fourth-order valence-electron chi connectivity index (χ4n) is 3.48. The number of carbonyl (C=O) groups is 3. The molecule has 184 valence electrons. The zero-order valence-corrected chi connectivity index (χ0v) is 20.7. The maximum absolute atomic E-state index is 13.1. The van der Waals surface area contributed by atoms with Gasteiger partial charge in [0.2, 0.25) is 0 Å². The van der Waals surface area contributed by atoms with Crippen LogP contribution in [0.25, 0.3) is 0 Å². The lowest BCUT2D eigenvalue weighted by Gasteiger charge is -2.23. The van der Waals surface area contributed by atoms with Gasteiger partial charge in [-0.1, -0.05) is 27.7 Å². The minimum Gasteiger partial charge on any atom is -0.345 e. The minimum atomic E-state index is -0.875. The number of aromatic nitrogens is 1. The minimum absolute atomic E-state index is 0.107. The van der Waals surface area contributed by atoms with Crippen molar-refractivity contribution in [1.82, 2.24) is 21.2 Å². The molecule has 34 heavy (non-hydrogen) atoms. The quantitative estimate of drug-likeness (QED) is 0.443. The summed E-state index contributed by atoms with van der Waals surface area (Å²) in [6.45, 7) is 9.01. The molecule has 0 spiro atoms. The van der Waals surface area contributed by atoms with E-state index in [0.29, 0.717) is 18.4 Å². The number of rotatable bonds is 10. The van der Waals surface area contributed by atoms with Crippen LogP contribution in [0.5, 0.6) is 0 Å². The number of nitrogens with one attached hydrogen (secondary N) is 3. The van der Waals surface area contributed by atoms with Crippen molar-refractivity contribution in [3.05, 3.63) is 46.7 Å². The van der Waals surface area contributed by atoms with Gasteiger partial charge in [-0.05, 0) is 55.4 Å². The van der Waals surface area contributed by atoms with Crippen LogP contribution in [0.1, 0.15) is 67.8 Å². The van der Waals surface area contributed by atoms with Crippen LogP contribution in [0.3, 0.4) is 0 Å². The highest BCUT2D eigenvalue weighted by molar-refractivity contribution is 7.14. The average molecular weight is 490 g/mol. The van der Waals surface area contributed by atoms with Gasteiger partial charge >= 0.3 is 0 Å². The van der Waals surface area contributed by atoms with Crippen LogP contribution in [0.2, 0.25) is 0 Å². The normalized spacial score (nSPS) is 14.1. The summed E-state index contributed by atoms with van der Waals surface area (Å²) in [6, 6.07) is 4.66. The summed E-state index contributed by atoms with van der Waals surface area (Å²) in [6.07, 6.45) is 2.62. The van der Waals surface area contributed by atoms with Gasteiger partial charge in [-0.3, -0.25) is 25.2 Å². The second-order valence-corrected chi connectivity index (χ2v) is 10.2. The van der Waals surface area contributed by atoms with Gasteiger partial charge in [-0.2, -0.15) is 0 Å². The molecule has 0 radical (unpaired) electrons. The predicted octanol–water partition coefficient (Wildman–Crippen LogP) is 3.51. The molecule has 3 N–H and O–H groups in total. The summed E-state index contributed by atoms with van der Waals surface area (Å²) in [5, 5.41) is 5.14. The first-order valence-electron chi connectivity index (χ1n) is 11.5. The highest BCUT2D eigenvalue weighted by Gasteiger charge is 2.32. The van der Waals surface area contributed by atoms with E-state index in [1.54, 1.807) is 5.38 Å². The summed E-state index contributed by atoms with van der Waals surface area (Å²) in [4.78, 5) is 44.5. The largest absolute Gasteiger partial charge is 0.345 e. The van der Waals surface area contributed by atoms with Crippen molar-refractivity contribution >= 4 is 34.2 Å². The molecular formula is C24H32FN5O3S. The number of carbonyl (C=O) groups excluding carboxylic acids is 3. The van der Waals surface area contributed by atoms with Crippen molar-refractivity contribution in [3.63, 3.8) is 0 Å². The summed E-state index contributed by atoms with van der Waals surface area (Å²) in [5.41, 5.74) is 5.26. The molecule has 1 saturated carbocycles. The third-order valence-corrected chi connectivity index (χ3v) is 6.13. The van der Waals surface area contributed by atoms with Gasteiger partial charge in [-0.15, -0.1) is 11.3 Å². The van der Waals surface area contributed by atoms with Crippen molar-refractivity contribution < 1.29 is 18.8 Å². The molecule has 10 heteroatoms. The van der Waals surface area contributed by atoms with E-state index in [2.05, 4.69) is 39.9 Å². The number of benzene rings is 1. The van der Waals surface area contributed by atoms with E-state index in [9.17, 15) is 18.8 Å². The molecule has 0 unspecified atom stereocenters. The van der Waals surface area contributed by atoms with Crippen LogP contribution in [0.15, 0.2) is 29.6 Å². The van der Waals surface area contributed by atoms with Crippen molar-refractivity contribution in [2.45, 2.75) is 59.0 Å². The van der Waals surface area contributed by atoms with Crippen LogP contribution in [-0.2, 0) is 4.79 Å². The Morgan fingerprint density at radius 1 is 1.06 bits per heavy atom. The van der Waals surface area contributed by atoms with Crippen LogP contribution < -0.4 is 21.1 Å². The lowest BCUT2D eigenvalue weighted by molar-refractivity contribution is -0.124. The molecule has 0 saturated heterocycles. The number of halogens is 1. The van der Waals surface area contributed by atoms with E-state index >= 15 is 0 Å². The van der Waals surface area contributed by atoms with Crippen LogP contribution in [-0.4, -0.2) is 41.3 Å². The number of hydrogen-bond acceptors (Lipinski definition) is 6. The fourth-order valence-corrected chi connectivity index (χ4v) is 4.37. The first kappa shape index (κ1) is 25.6. The highest BCUT2D eigenvalue weighted by atomic mass is 32.1. The molecule has 3 amide bonds. The van der Waals surface area contributed by atoms with Crippen LogP contribution in [0.4, 0.5) is 9.52 Å². The van der Waals surface area contributed by atoms with Gasteiger partial charge in [0, 0.05) is 23.5 Å². The number of hydrazine groups is 1. The van der Waals surface area contributed by atoms with E-state index in [4.69, 9.17) is 0 Å². The molecule has 0 aliphatic heterocycles. The van der Waals surface area contributed by atoms with E-state index in [-0.39, 0.29) is 17.2 Å². The Morgan fingerprint density at radius 3 is 2.32 bits per heavy atom. The molecule has 1 atom stereocenters. The smallest absolute Gasteiger partial charge is 0.289 e. The van der Waals surface area contributed by atoms with Gasteiger partial charge in [0.1, 0.15) is 17.6 Å².